The highest BCUT2D eigenvalue weighted by Crippen LogP contribution is 2.40. The Kier molecular flexibility index (Phi) is 7.21. The summed E-state index contributed by atoms with van der Waals surface area (Å²) in [7, 11) is 0. The van der Waals surface area contributed by atoms with Crippen molar-refractivity contribution in [3.05, 3.63) is 181 Å². The van der Waals surface area contributed by atoms with E-state index in [0.29, 0.717) is 0 Å². The van der Waals surface area contributed by atoms with E-state index < -0.39 is 0 Å². The molecule has 3 aromatic heterocycles. The van der Waals surface area contributed by atoms with Crippen molar-refractivity contribution in [2.75, 3.05) is 4.90 Å². The van der Waals surface area contributed by atoms with Crippen LogP contribution in [0.2, 0.25) is 0 Å². The first kappa shape index (κ1) is 29.6. The van der Waals surface area contributed by atoms with E-state index in [1.807, 2.05) is 12.3 Å². The van der Waals surface area contributed by atoms with Crippen LogP contribution >= 0.6 is 0 Å². The maximum atomic E-state index is 4.47. The largest absolute Gasteiger partial charge is 0.310 e. The van der Waals surface area contributed by atoms with E-state index in [2.05, 4.69) is 185 Å². The topological polar surface area (TPSA) is 34.0 Å². The van der Waals surface area contributed by atoms with Gasteiger partial charge in [0.1, 0.15) is 0 Å². The third-order valence-corrected chi connectivity index (χ3v) is 9.76. The SMILES string of the molecule is Cc1cc(-c2ccnc3ncccc23)c(C)cc1-c1ccc(-n2c3ccccc3c3cc(N(c4ccccc4)c4ccccc4)ccc32)cc1. The molecule has 0 amide bonds. The van der Waals surface area contributed by atoms with Crippen molar-refractivity contribution in [3.63, 3.8) is 0 Å². The number of hydrogen-bond donors (Lipinski definition) is 0. The Morgan fingerprint density at radius 2 is 1.06 bits per heavy atom. The zero-order valence-corrected chi connectivity index (χ0v) is 28.0. The van der Waals surface area contributed by atoms with Crippen LogP contribution in [0.5, 0.6) is 0 Å². The van der Waals surface area contributed by atoms with Gasteiger partial charge in [-0.3, -0.25) is 0 Å². The van der Waals surface area contributed by atoms with Gasteiger partial charge in [-0.2, -0.15) is 0 Å². The normalized spacial score (nSPS) is 11.4. The first-order chi connectivity index (χ1) is 24.6. The maximum Gasteiger partial charge on any atom is 0.159 e. The van der Waals surface area contributed by atoms with E-state index in [9.17, 15) is 0 Å². The Hall–Kier alpha value is -6.52. The average Bonchev–Trinajstić information content (AvgIpc) is 3.50. The van der Waals surface area contributed by atoms with Gasteiger partial charge >= 0.3 is 0 Å². The molecule has 0 fully saturated rings. The van der Waals surface area contributed by atoms with E-state index in [1.54, 1.807) is 6.20 Å². The summed E-state index contributed by atoms with van der Waals surface area (Å²) in [4.78, 5) is 11.3. The second kappa shape index (κ2) is 12.2. The predicted molar refractivity (Wildman–Crippen MR) is 209 cm³/mol. The molecule has 9 rings (SSSR count). The van der Waals surface area contributed by atoms with Crippen LogP contribution in [0.15, 0.2) is 170 Å². The Bertz CT molecular complexity index is 2610. The van der Waals surface area contributed by atoms with Crippen molar-refractivity contribution in [3.8, 4) is 27.9 Å². The first-order valence-electron chi connectivity index (χ1n) is 17.0. The number of nitrogens with zero attached hydrogens (tertiary/aromatic N) is 4. The minimum Gasteiger partial charge on any atom is -0.310 e. The quantitative estimate of drug-likeness (QED) is 0.181. The van der Waals surface area contributed by atoms with Gasteiger partial charge < -0.3 is 9.47 Å². The zero-order chi connectivity index (χ0) is 33.6. The molecule has 6 aromatic carbocycles. The van der Waals surface area contributed by atoms with Crippen LogP contribution in [0.3, 0.4) is 0 Å². The van der Waals surface area contributed by atoms with Gasteiger partial charge in [-0.25, -0.2) is 9.97 Å². The van der Waals surface area contributed by atoms with E-state index in [0.717, 1.165) is 39.3 Å². The summed E-state index contributed by atoms with van der Waals surface area (Å²) >= 11 is 0. The van der Waals surface area contributed by atoms with Crippen LogP contribution in [0.4, 0.5) is 17.1 Å². The fourth-order valence-corrected chi connectivity index (χ4v) is 7.40. The lowest BCUT2D eigenvalue weighted by Crippen LogP contribution is -2.09. The van der Waals surface area contributed by atoms with E-state index >= 15 is 0 Å². The molecular formula is C46H34N4. The summed E-state index contributed by atoms with van der Waals surface area (Å²) in [5, 5.41) is 3.52. The van der Waals surface area contributed by atoms with Crippen molar-refractivity contribution < 1.29 is 0 Å². The van der Waals surface area contributed by atoms with Crippen LogP contribution < -0.4 is 4.90 Å². The smallest absolute Gasteiger partial charge is 0.159 e. The number of aryl methyl sites for hydroxylation is 2. The lowest BCUT2D eigenvalue weighted by Gasteiger charge is -2.25. The van der Waals surface area contributed by atoms with Crippen LogP contribution in [-0.2, 0) is 0 Å². The first-order valence-corrected chi connectivity index (χ1v) is 17.0. The summed E-state index contributed by atoms with van der Waals surface area (Å²) in [5.41, 5.74) is 14.9. The molecule has 0 saturated heterocycles. The highest BCUT2D eigenvalue weighted by atomic mass is 15.1. The lowest BCUT2D eigenvalue weighted by molar-refractivity contribution is 1.18. The van der Waals surface area contributed by atoms with Gasteiger partial charge in [0.2, 0.25) is 0 Å². The Morgan fingerprint density at radius 1 is 0.440 bits per heavy atom. The molecule has 0 atom stereocenters. The zero-order valence-electron chi connectivity index (χ0n) is 28.0. The predicted octanol–water partition coefficient (Wildman–Crippen LogP) is 12.1. The minimum absolute atomic E-state index is 0.771. The van der Waals surface area contributed by atoms with Gasteiger partial charge in [0, 0.05) is 51.3 Å². The summed E-state index contributed by atoms with van der Waals surface area (Å²) < 4.78 is 2.39. The lowest BCUT2D eigenvalue weighted by atomic mass is 9.91. The molecule has 0 aliphatic carbocycles. The van der Waals surface area contributed by atoms with Crippen molar-refractivity contribution in [1.82, 2.24) is 14.5 Å². The molecule has 9 aromatic rings. The fourth-order valence-electron chi connectivity index (χ4n) is 7.40. The molecular weight excluding hydrogens is 609 g/mol. The maximum absolute atomic E-state index is 4.47. The molecule has 0 bridgehead atoms. The number of fused-ring (bicyclic) bond motifs is 4. The van der Waals surface area contributed by atoms with Crippen LogP contribution in [0, 0.1) is 13.8 Å². The van der Waals surface area contributed by atoms with Crippen molar-refractivity contribution in [1.29, 1.82) is 0 Å². The highest BCUT2D eigenvalue weighted by Gasteiger charge is 2.18. The number of aromatic nitrogens is 3. The molecule has 3 heterocycles. The van der Waals surface area contributed by atoms with Crippen LogP contribution in [0.25, 0.3) is 60.8 Å². The van der Waals surface area contributed by atoms with E-state index in [1.165, 1.54) is 49.6 Å². The summed E-state index contributed by atoms with van der Waals surface area (Å²) in [6, 6.07) is 56.5. The van der Waals surface area contributed by atoms with Gasteiger partial charge in [0.25, 0.3) is 0 Å². The van der Waals surface area contributed by atoms with Crippen molar-refractivity contribution in [2.45, 2.75) is 13.8 Å². The van der Waals surface area contributed by atoms with Crippen LogP contribution in [0.1, 0.15) is 11.1 Å². The number of benzene rings is 6. The molecule has 4 nitrogen and oxygen atoms in total. The third-order valence-electron chi connectivity index (χ3n) is 9.76. The number of anilines is 3. The Labute approximate surface area is 291 Å². The second-order valence-electron chi connectivity index (χ2n) is 12.8. The van der Waals surface area contributed by atoms with Gasteiger partial charge in [-0.15, -0.1) is 0 Å². The molecule has 4 heteroatoms. The standard InChI is InChI=1S/C46H34N4/c1-31-29-42(38-25-27-48-46-40(38)17-11-26-47-46)32(2)28-41(31)33-19-21-36(22-20-33)50-44-18-10-9-16-39(44)43-30-37(23-24-45(43)50)49(34-12-5-3-6-13-34)35-14-7-4-8-15-35/h3-30H,1-2H3. The Balaban J connectivity index is 1.12. The van der Waals surface area contributed by atoms with Gasteiger partial charge in [0.15, 0.2) is 5.65 Å². The van der Waals surface area contributed by atoms with E-state index in [4.69, 9.17) is 0 Å². The number of pyridine rings is 2. The average molecular weight is 643 g/mol. The summed E-state index contributed by atoms with van der Waals surface area (Å²) in [6.07, 6.45) is 3.65. The van der Waals surface area contributed by atoms with Crippen LogP contribution in [-0.4, -0.2) is 14.5 Å². The fraction of sp³-hybridized carbons (Fsp3) is 0.0435. The molecule has 0 aliphatic heterocycles. The minimum atomic E-state index is 0.771. The van der Waals surface area contributed by atoms with Gasteiger partial charge in [-0.05, 0) is 126 Å². The molecule has 0 N–H and O–H groups in total. The molecule has 0 unspecified atom stereocenters. The van der Waals surface area contributed by atoms with Crippen molar-refractivity contribution >= 4 is 49.9 Å². The summed E-state index contributed by atoms with van der Waals surface area (Å²) in [6.45, 7) is 4.39. The Morgan fingerprint density at radius 3 is 1.82 bits per heavy atom. The monoisotopic (exact) mass is 642 g/mol. The van der Waals surface area contributed by atoms with Gasteiger partial charge in [-0.1, -0.05) is 78.9 Å². The highest BCUT2D eigenvalue weighted by molar-refractivity contribution is 6.10. The number of rotatable bonds is 6. The molecule has 50 heavy (non-hydrogen) atoms. The van der Waals surface area contributed by atoms with E-state index in [-0.39, 0.29) is 0 Å². The molecule has 238 valence electrons. The molecule has 0 aliphatic rings. The third kappa shape index (κ3) is 5.01. The number of hydrogen-bond acceptors (Lipinski definition) is 3. The molecule has 0 spiro atoms. The summed E-state index contributed by atoms with van der Waals surface area (Å²) in [5.74, 6) is 0. The van der Waals surface area contributed by atoms with Crippen molar-refractivity contribution in [2.24, 2.45) is 0 Å². The number of para-hydroxylation sites is 3. The molecule has 0 saturated carbocycles. The van der Waals surface area contributed by atoms with Gasteiger partial charge in [0.05, 0.1) is 11.0 Å². The molecule has 0 radical (unpaired) electrons. The second-order valence-corrected chi connectivity index (χ2v) is 12.8.